The van der Waals surface area contributed by atoms with Gasteiger partial charge in [-0.15, -0.1) is 10.2 Å². The quantitative estimate of drug-likeness (QED) is 0.542. The van der Waals surface area contributed by atoms with E-state index in [2.05, 4.69) is 78.9 Å². The van der Waals surface area contributed by atoms with Crippen molar-refractivity contribution >= 4 is 23.3 Å². The predicted octanol–water partition coefficient (Wildman–Crippen LogP) is 2.56. The lowest BCUT2D eigenvalue weighted by molar-refractivity contribution is -2.00. The van der Waals surface area contributed by atoms with Gasteiger partial charge in [-0.2, -0.15) is 0 Å². The Hall–Kier alpha value is -2.80. The van der Waals surface area contributed by atoms with Crippen LogP contribution in [0.4, 0.5) is 0 Å². The summed E-state index contributed by atoms with van der Waals surface area (Å²) >= 11 is 0. The van der Waals surface area contributed by atoms with Crippen molar-refractivity contribution in [1.82, 2.24) is 0 Å². The van der Waals surface area contributed by atoms with Crippen molar-refractivity contribution in [2.24, 2.45) is 0 Å². The van der Waals surface area contributed by atoms with Crippen LogP contribution in [0.5, 0.6) is 0 Å². The number of hydrogen-bond donors (Lipinski definition) is 0. The highest BCUT2D eigenvalue weighted by Crippen LogP contribution is 2.39. The fraction of sp³-hybridized carbons (Fsp3) is 0.222. The fourth-order valence-electron chi connectivity index (χ4n) is 4.43. The molecule has 0 spiro atoms. The lowest BCUT2D eigenvalue weighted by atomic mass is 9.86. The molecule has 170 valence electrons. The third-order valence-electron chi connectivity index (χ3n) is 5.78. The van der Waals surface area contributed by atoms with Gasteiger partial charge < -0.3 is 0 Å². The van der Waals surface area contributed by atoms with Crippen LogP contribution in [0, 0.1) is 10.2 Å². The van der Waals surface area contributed by atoms with Gasteiger partial charge in [0.25, 0.3) is 0 Å². The molecule has 2 aliphatic carbocycles. The summed E-state index contributed by atoms with van der Waals surface area (Å²) in [6, 6.07) is 23.6. The highest BCUT2D eigenvalue weighted by Gasteiger charge is 2.33. The van der Waals surface area contributed by atoms with Gasteiger partial charge in [0.2, 0.25) is 0 Å². The summed E-state index contributed by atoms with van der Waals surface area (Å²) < 4.78 is 40.6. The zero-order valence-electron chi connectivity index (χ0n) is 18.2. The Balaban J connectivity index is 0.000000471. The number of fused-ring (bicyclic) bond motifs is 2. The van der Waals surface area contributed by atoms with Crippen LogP contribution in [-0.2, 0) is 12.8 Å². The monoisotopic (exact) mass is 464 g/mol. The van der Waals surface area contributed by atoms with Crippen LogP contribution in [-0.4, -0.2) is 0 Å². The van der Waals surface area contributed by atoms with E-state index >= 15 is 0 Å². The van der Waals surface area contributed by atoms with Crippen LogP contribution < -0.4 is 18.6 Å². The standard InChI is InChI=1S/C27H25O.ClHO4/c1-3-9-20(10-4-1)17-22-13-7-15-24-19-25-16-8-14-23(27(25)28-26(22)24)18-21-11-5-2-6-12-21;2-1(3,4)5/h1-6,9-12,17-19H,7-8,13-16H2;(H,2,3,4,5)/q+1;/p-1/b22-17+,23-18+;. The van der Waals surface area contributed by atoms with E-state index in [9.17, 15) is 0 Å². The van der Waals surface area contributed by atoms with Gasteiger partial charge >= 0.3 is 11.5 Å². The second-order valence-corrected chi connectivity index (χ2v) is 8.96. The van der Waals surface area contributed by atoms with Crippen LogP contribution in [0.25, 0.3) is 23.3 Å². The second-order valence-electron chi connectivity index (χ2n) is 8.20. The van der Waals surface area contributed by atoms with Crippen molar-refractivity contribution in [2.75, 3.05) is 0 Å². The minimum absolute atomic E-state index is 1.09. The van der Waals surface area contributed by atoms with Crippen molar-refractivity contribution in [3.8, 4) is 0 Å². The first kappa shape index (κ1) is 23.4. The fourth-order valence-corrected chi connectivity index (χ4v) is 4.43. The first-order chi connectivity index (χ1) is 15.9. The predicted molar refractivity (Wildman–Crippen MR) is 118 cm³/mol. The van der Waals surface area contributed by atoms with Crippen LogP contribution in [0.1, 0.15) is 59.5 Å². The van der Waals surface area contributed by atoms with Crippen molar-refractivity contribution in [3.63, 3.8) is 0 Å². The molecule has 6 heteroatoms. The van der Waals surface area contributed by atoms with E-state index in [-0.39, 0.29) is 0 Å². The molecule has 2 aliphatic rings. The summed E-state index contributed by atoms with van der Waals surface area (Å²) in [7, 11) is -4.94. The molecule has 0 atom stereocenters. The third kappa shape index (κ3) is 6.60. The first-order valence-corrected chi connectivity index (χ1v) is 12.2. The van der Waals surface area contributed by atoms with Gasteiger partial charge in [0.1, 0.15) is 0 Å². The van der Waals surface area contributed by atoms with Gasteiger partial charge in [0.15, 0.2) is 0 Å². The minimum atomic E-state index is -4.94. The molecule has 1 heterocycles. The minimum Gasteiger partial charge on any atom is -0.222 e. The molecule has 5 rings (SSSR count). The normalized spacial score (nSPS) is 17.7. The lowest BCUT2D eigenvalue weighted by Gasteiger charge is -2.17. The van der Waals surface area contributed by atoms with E-state index in [1.165, 1.54) is 46.2 Å². The van der Waals surface area contributed by atoms with Gasteiger partial charge in [0.05, 0.1) is 22.3 Å². The zero-order valence-corrected chi connectivity index (χ0v) is 18.9. The molecule has 2 aromatic carbocycles. The maximum atomic E-state index is 8.49. The average Bonchev–Trinajstić information content (AvgIpc) is 2.79. The molecule has 5 nitrogen and oxygen atoms in total. The molecule has 0 bridgehead atoms. The van der Waals surface area contributed by atoms with E-state index in [1.807, 2.05) is 0 Å². The molecule has 0 saturated heterocycles. The van der Waals surface area contributed by atoms with Gasteiger partial charge in [-0.25, -0.2) is 23.1 Å². The summed E-state index contributed by atoms with van der Waals surface area (Å²) in [6.07, 6.45) is 11.4. The Morgan fingerprint density at radius 2 is 1.00 bits per heavy atom. The average molecular weight is 465 g/mol. The van der Waals surface area contributed by atoms with Crippen LogP contribution in [0.3, 0.4) is 0 Å². The summed E-state index contributed by atoms with van der Waals surface area (Å²) in [6.45, 7) is 0. The van der Waals surface area contributed by atoms with Crippen LogP contribution in [0.2, 0.25) is 0 Å². The van der Waals surface area contributed by atoms with Crippen molar-refractivity contribution < 1.29 is 33.3 Å². The molecule has 3 aromatic rings. The number of rotatable bonds is 2. The molecule has 0 aliphatic heterocycles. The van der Waals surface area contributed by atoms with Crippen LogP contribution >= 0.6 is 0 Å². The van der Waals surface area contributed by atoms with Gasteiger partial charge in [-0.3, -0.25) is 0 Å². The Morgan fingerprint density at radius 1 is 0.606 bits per heavy atom. The summed E-state index contributed by atoms with van der Waals surface area (Å²) in [5.74, 6) is 2.21. The zero-order chi connectivity index (χ0) is 23.3. The maximum Gasteiger partial charge on any atom is 0.359 e. The molecule has 33 heavy (non-hydrogen) atoms. The Morgan fingerprint density at radius 3 is 1.39 bits per heavy atom. The summed E-state index contributed by atoms with van der Waals surface area (Å²) in [5.41, 5.74) is 7.93. The maximum absolute atomic E-state index is 8.49. The van der Waals surface area contributed by atoms with Crippen LogP contribution in [0.15, 0.2) is 71.1 Å². The number of allylic oxidation sites excluding steroid dienone is 2. The van der Waals surface area contributed by atoms with E-state index < -0.39 is 10.2 Å². The number of aryl methyl sites for hydroxylation is 2. The summed E-state index contributed by atoms with van der Waals surface area (Å²) in [5, 5.41) is 0. The highest BCUT2D eigenvalue weighted by molar-refractivity contribution is 5.84. The topological polar surface area (TPSA) is 104 Å². The lowest BCUT2D eigenvalue weighted by Crippen LogP contribution is -2.68. The molecule has 1 aromatic heterocycles. The second kappa shape index (κ2) is 10.4. The highest BCUT2D eigenvalue weighted by atomic mass is 35.7. The molecule has 0 amide bonds. The van der Waals surface area contributed by atoms with E-state index in [0.717, 1.165) is 37.2 Å². The third-order valence-corrected chi connectivity index (χ3v) is 5.78. The molecule has 0 radical (unpaired) electrons. The van der Waals surface area contributed by atoms with E-state index in [1.54, 1.807) is 0 Å². The van der Waals surface area contributed by atoms with Gasteiger partial charge in [0, 0.05) is 0 Å². The molecule has 0 N–H and O–H groups in total. The van der Waals surface area contributed by atoms with E-state index in [0.29, 0.717) is 0 Å². The number of hydrogen-bond acceptors (Lipinski definition) is 4. The summed E-state index contributed by atoms with van der Waals surface area (Å²) in [4.78, 5) is 0. The Kier molecular flexibility index (Phi) is 7.38. The molecular formula is C27H25ClO5. The largest absolute Gasteiger partial charge is 0.359 e. The van der Waals surface area contributed by atoms with E-state index in [4.69, 9.17) is 23.1 Å². The molecule has 0 fully saturated rings. The van der Waals surface area contributed by atoms with Gasteiger partial charge in [-0.1, -0.05) is 60.7 Å². The Bertz CT molecular complexity index is 1060. The van der Waals surface area contributed by atoms with Crippen molar-refractivity contribution in [3.05, 3.63) is 101 Å². The molecular weight excluding hydrogens is 440 g/mol. The van der Waals surface area contributed by atoms with Crippen molar-refractivity contribution in [1.29, 1.82) is 0 Å². The number of benzene rings is 2. The smallest absolute Gasteiger partial charge is 0.222 e. The SMILES string of the molecule is C(=C1/CCCc2cc3c([o+]c21)/C(=C/c1ccccc1)CCC3)/c1ccccc1.[O-][Cl+3]([O-])([O-])[O-]. The molecule has 0 unspecified atom stereocenters. The molecule has 0 saturated carbocycles. The first-order valence-electron chi connectivity index (χ1n) is 11.0. The van der Waals surface area contributed by atoms with Gasteiger partial charge in [-0.05, 0) is 67.9 Å². The Labute approximate surface area is 195 Å². The number of halogens is 1. The van der Waals surface area contributed by atoms with Crippen molar-refractivity contribution in [2.45, 2.75) is 38.5 Å².